The van der Waals surface area contributed by atoms with Crippen molar-refractivity contribution in [1.82, 2.24) is 20.1 Å². The van der Waals surface area contributed by atoms with E-state index >= 15 is 0 Å². The van der Waals surface area contributed by atoms with Crippen LogP contribution in [0.25, 0.3) is 0 Å². The number of carbonyl (C=O) groups is 1. The average Bonchev–Trinajstić information content (AvgIpc) is 3.04. The van der Waals surface area contributed by atoms with E-state index in [1.165, 1.54) is 0 Å². The standard InChI is InChI=1S/C13H20N4O2/c1-16-12(10-2-3-14-6-10)8-17(13(16)18)7-11-9-19-5-4-15-11/h2-3,6,11-12,14-15H,4-5,7-9H2,1H3. The molecule has 2 amide bonds. The summed E-state index contributed by atoms with van der Waals surface area (Å²) in [4.78, 5) is 19.0. The quantitative estimate of drug-likeness (QED) is 0.831. The second kappa shape index (κ2) is 5.22. The Labute approximate surface area is 112 Å². The fraction of sp³-hybridized carbons (Fsp3) is 0.615. The number of nitrogens with zero attached hydrogens (tertiary/aromatic N) is 2. The Kier molecular flexibility index (Phi) is 3.44. The van der Waals surface area contributed by atoms with Crippen LogP contribution in [0.3, 0.4) is 0 Å². The van der Waals surface area contributed by atoms with Gasteiger partial charge in [0.1, 0.15) is 0 Å². The molecule has 0 aliphatic carbocycles. The molecule has 2 saturated heterocycles. The van der Waals surface area contributed by atoms with Crippen LogP contribution >= 0.6 is 0 Å². The number of aromatic nitrogens is 1. The fourth-order valence-electron chi connectivity index (χ4n) is 2.79. The van der Waals surface area contributed by atoms with Gasteiger partial charge < -0.3 is 24.8 Å². The zero-order valence-electron chi connectivity index (χ0n) is 11.1. The molecule has 1 aromatic heterocycles. The summed E-state index contributed by atoms with van der Waals surface area (Å²) in [5.41, 5.74) is 1.16. The molecule has 0 radical (unpaired) electrons. The molecule has 3 rings (SSSR count). The number of hydrogen-bond acceptors (Lipinski definition) is 3. The molecule has 2 unspecified atom stereocenters. The molecule has 3 heterocycles. The van der Waals surface area contributed by atoms with Crippen LogP contribution in [0.1, 0.15) is 11.6 Å². The van der Waals surface area contributed by atoms with Crippen LogP contribution in [-0.2, 0) is 4.74 Å². The molecule has 0 bridgehead atoms. The first kappa shape index (κ1) is 12.5. The molecule has 0 spiro atoms. The van der Waals surface area contributed by atoms with Crippen molar-refractivity contribution in [3.63, 3.8) is 0 Å². The molecule has 6 nitrogen and oxygen atoms in total. The molecule has 2 N–H and O–H groups in total. The Morgan fingerprint density at radius 1 is 1.53 bits per heavy atom. The number of morpholine rings is 1. The molecule has 2 fully saturated rings. The Morgan fingerprint density at radius 3 is 3.11 bits per heavy atom. The minimum Gasteiger partial charge on any atom is -0.378 e. The number of rotatable bonds is 3. The lowest BCUT2D eigenvalue weighted by molar-refractivity contribution is 0.0677. The normalized spacial score (nSPS) is 28.2. The van der Waals surface area contributed by atoms with Crippen molar-refractivity contribution < 1.29 is 9.53 Å². The predicted octanol–water partition coefficient (Wildman–Crippen LogP) is 0.412. The molecule has 0 aromatic carbocycles. The van der Waals surface area contributed by atoms with Crippen molar-refractivity contribution in [2.75, 3.05) is 39.9 Å². The van der Waals surface area contributed by atoms with E-state index < -0.39 is 0 Å². The lowest BCUT2D eigenvalue weighted by atomic mass is 10.1. The number of carbonyl (C=O) groups excluding carboxylic acids is 1. The van der Waals surface area contributed by atoms with Crippen LogP contribution in [0.4, 0.5) is 4.79 Å². The summed E-state index contributed by atoms with van der Waals surface area (Å²) < 4.78 is 5.43. The van der Waals surface area contributed by atoms with Crippen molar-refractivity contribution in [3.05, 3.63) is 24.0 Å². The van der Waals surface area contributed by atoms with Gasteiger partial charge in [-0.25, -0.2) is 4.79 Å². The Balaban J connectivity index is 1.65. The van der Waals surface area contributed by atoms with Gasteiger partial charge in [0.25, 0.3) is 0 Å². The largest absolute Gasteiger partial charge is 0.378 e. The SMILES string of the molecule is CN1C(=O)N(CC2COCCN2)CC1c1cc[nH]c1. The summed E-state index contributed by atoms with van der Waals surface area (Å²) in [5.74, 6) is 0. The van der Waals surface area contributed by atoms with Crippen LogP contribution in [0.5, 0.6) is 0 Å². The number of likely N-dealkylation sites (N-methyl/N-ethyl adjacent to an activating group) is 1. The van der Waals surface area contributed by atoms with E-state index in [0.29, 0.717) is 13.2 Å². The smallest absolute Gasteiger partial charge is 0.320 e. The maximum atomic E-state index is 12.3. The third-order valence-electron chi connectivity index (χ3n) is 3.88. The number of ether oxygens (including phenoxy) is 1. The van der Waals surface area contributed by atoms with Gasteiger partial charge in [0.15, 0.2) is 0 Å². The minimum atomic E-state index is 0.0959. The molecular weight excluding hydrogens is 244 g/mol. The monoisotopic (exact) mass is 264 g/mol. The van der Waals surface area contributed by atoms with Crippen LogP contribution in [0.2, 0.25) is 0 Å². The molecule has 2 aliphatic rings. The van der Waals surface area contributed by atoms with E-state index in [0.717, 1.165) is 25.3 Å². The molecule has 19 heavy (non-hydrogen) atoms. The molecule has 2 atom stereocenters. The van der Waals surface area contributed by atoms with Crippen molar-refractivity contribution >= 4 is 6.03 Å². The fourth-order valence-corrected chi connectivity index (χ4v) is 2.79. The Hall–Kier alpha value is -1.53. The molecular formula is C13H20N4O2. The predicted molar refractivity (Wildman–Crippen MR) is 70.9 cm³/mol. The average molecular weight is 264 g/mol. The van der Waals surface area contributed by atoms with Gasteiger partial charge in [-0.05, 0) is 11.6 Å². The highest BCUT2D eigenvalue weighted by molar-refractivity contribution is 5.77. The van der Waals surface area contributed by atoms with Gasteiger partial charge in [0.05, 0.1) is 19.3 Å². The zero-order chi connectivity index (χ0) is 13.2. The van der Waals surface area contributed by atoms with Gasteiger partial charge in [-0.15, -0.1) is 0 Å². The first-order chi connectivity index (χ1) is 9.25. The van der Waals surface area contributed by atoms with Gasteiger partial charge >= 0.3 is 6.03 Å². The van der Waals surface area contributed by atoms with E-state index in [4.69, 9.17) is 4.74 Å². The summed E-state index contributed by atoms with van der Waals surface area (Å²) in [6.45, 7) is 3.76. The van der Waals surface area contributed by atoms with Gasteiger partial charge in [-0.2, -0.15) is 0 Å². The van der Waals surface area contributed by atoms with Crippen molar-refractivity contribution in [2.24, 2.45) is 0 Å². The Morgan fingerprint density at radius 2 is 2.42 bits per heavy atom. The topological polar surface area (TPSA) is 60.6 Å². The van der Waals surface area contributed by atoms with Gasteiger partial charge in [0.2, 0.25) is 0 Å². The number of amides is 2. The highest BCUT2D eigenvalue weighted by atomic mass is 16.5. The second-order valence-corrected chi connectivity index (χ2v) is 5.18. The van der Waals surface area contributed by atoms with Crippen molar-refractivity contribution in [1.29, 1.82) is 0 Å². The van der Waals surface area contributed by atoms with Gasteiger partial charge in [-0.3, -0.25) is 0 Å². The van der Waals surface area contributed by atoms with E-state index in [1.54, 1.807) is 0 Å². The van der Waals surface area contributed by atoms with E-state index in [1.807, 2.05) is 35.3 Å². The highest BCUT2D eigenvalue weighted by Crippen LogP contribution is 2.27. The molecule has 1 aromatic rings. The van der Waals surface area contributed by atoms with Crippen LogP contribution in [0.15, 0.2) is 18.5 Å². The van der Waals surface area contributed by atoms with E-state index in [9.17, 15) is 4.79 Å². The number of aromatic amines is 1. The van der Waals surface area contributed by atoms with Crippen LogP contribution < -0.4 is 5.32 Å². The van der Waals surface area contributed by atoms with Gasteiger partial charge in [0, 0.05) is 45.1 Å². The molecule has 2 aliphatic heterocycles. The maximum absolute atomic E-state index is 12.3. The molecule has 104 valence electrons. The van der Waals surface area contributed by atoms with Gasteiger partial charge in [-0.1, -0.05) is 0 Å². The third-order valence-corrected chi connectivity index (χ3v) is 3.88. The first-order valence-electron chi connectivity index (χ1n) is 6.71. The Bertz CT molecular complexity index is 428. The summed E-state index contributed by atoms with van der Waals surface area (Å²) in [7, 11) is 1.87. The number of nitrogens with one attached hydrogen (secondary N) is 2. The van der Waals surface area contributed by atoms with Crippen molar-refractivity contribution in [3.8, 4) is 0 Å². The first-order valence-corrected chi connectivity index (χ1v) is 6.71. The summed E-state index contributed by atoms with van der Waals surface area (Å²) in [6.07, 6.45) is 3.85. The van der Waals surface area contributed by atoms with E-state index in [-0.39, 0.29) is 18.1 Å². The lowest BCUT2D eigenvalue weighted by Gasteiger charge is -2.27. The summed E-state index contributed by atoms with van der Waals surface area (Å²) in [6, 6.07) is 2.51. The molecule has 6 heteroatoms. The summed E-state index contributed by atoms with van der Waals surface area (Å²) in [5, 5.41) is 3.39. The molecule has 0 saturated carbocycles. The highest BCUT2D eigenvalue weighted by Gasteiger charge is 2.36. The third kappa shape index (κ3) is 2.46. The number of urea groups is 1. The number of hydrogen-bond donors (Lipinski definition) is 2. The zero-order valence-corrected chi connectivity index (χ0v) is 11.1. The lowest BCUT2D eigenvalue weighted by Crippen LogP contribution is -2.49. The number of H-pyrrole nitrogens is 1. The minimum absolute atomic E-state index is 0.0959. The second-order valence-electron chi connectivity index (χ2n) is 5.18. The maximum Gasteiger partial charge on any atom is 0.320 e. The van der Waals surface area contributed by atoms with E-state index in [2.05, 4.69) is 10.3 Å². The van der Waals surface area contributed by atoms with Crippen molar-refractivity contribution in [2.45, 2.75) is 12.1 Å². The van der Waals surface area contributed by atoms with Crippen LogP contribution in [-0.4, -0.2) is 66.8 Å². The summed E-state index contributed by atoms with van der Waals surface area (Å²) >= 11 is 0. The van der Waals surface area contributed by atoms with Crippen LogP contribution in [0, 0.1) is 0 Å².